The Bertz CT molecular complexity index is 1260. The molecular formula is C26H33N3O3S2. The molecule has 3 aromatic rings. The summed E-state index contributed by atoms with van der Waals surface area (Å²) < 4.78 is 28.4. The number of pyridine rings is 1. The molecule has 1 fully saturated rings. The molecule has 2 heterocycles. The zero-order valence-electron chi connectivity index (χ0n) is 20.0. The number of aromatic nitrogens is 1. The van der Waals surface area contributed by atoms with E-state index < -0.39 is 10.0 Å². The molecule has 34 heavy (non-hydrogen) atoms. The van der Waals surface area contributed by atoms with Crippen molar-refractivity contribution in [1.29, 1.82) is 0 Å². The molecule has 1 saturated carbocycles. The SMILES string of the molecule is CCCCNS(=O)(=O)c1ccc2nc(-c3cccs3)cc(C(=O)N[C@@H]3CCC[C@H](C)[C@@H]3C)c2c1. The predicted octanol–water partition coefficient (Wildman–Crippen LogP) is 5.60. The Morgan fingerprint density at radius 1 is 1.18 bits per heavy atom. The lowest BCUT2D eigenvalue weighted by Crippen LogP contribution is -2.43. The van der Waals surface area contributed by atoms with Crippen molar-refractivity contribution in [2.45, 2.75) is 63.8 Å². The van der Waals surface area contributed by atoms with Gasteiger partial charge in [0.1, 0.15) is 0 Å². The third-order valence-electron chi connectivity index (χ3n) is 6.95. The van der Waals surface area contributed by atoms with Crippen molar-refractivity contribution < 1.29 is 13.2 Å². The van der Waals surface area contributed by atoms with Crippen LogP contribution in [0.5, 0.6) is 0 Å². The zero-order chi connectivity index (χ0) is 24.3. The Balaban J connectivity index is 1.75. The number of hydrogen-bond donors (Lipinski definition) is 2. The van der Waals surface area contributed by atoms with Crippen molar-refractivity contribution in [3.63, 3.8) is 0 Å². The maximum atomic E-state index is 13.6. The van der Waals surface area contributed by atoms with Gasteiger partial charge in [0.05, 0.1) is 26.5 Å². The van der Waals surface area contributed by atoms with Crippen LogP contribution in [0.15, 0.2) is 46.7 Å². The van der Waals surface area contributed by atoms with Crippen molar-refractivity contribution in [2.24, 2.45) is 11.8 Å². The smallest absolute Gasteiger partial charge is 0.252 e. The number of amides is 1. The van der Waals surface area contributed by atoms with Gasteiger partial charge < -0.3 is 5.32 Å². The van der Waals surface area contributed by atoms with E-state index in [9.17, 15) is 13.2 Å². The molecule has 0 radical (unpaired) electrons. The van der Waals surface area contributed by atoms with E-state index >= 15 is 0 Å². The number of rotatable bonds is 8. The highest BCUT2D eigenvalue weighted by Gasteiger charge is 2.29. The van der Waals surface area contributed by atoms with Gasteiger partial charge in [-0.25, -0.2) is 18.1 Å². The second kappa shape index (κ2) is 10.5. The fraction of sp³-hybridized carbons (Fsp3) is 0.462. The van der Waals surface area contributed by atoms with Gasteiger partial charge >= 0.3 is 0 Å². The fourth-order valence-electron chi connectivity index (χ4n) is 4.61. The van der Waals surface area contributed by atoms with Crippen molar-refractivity contribution in [3.05, 3.63) is 47.3 Å². The van der Waals surface area contributed by atoms with E-state index in [2.05, 4.69) is 23.9 Å². The van der Waals surface area contributed by atoms with Crippen molar-refractivity contribution in [2.75, 3.05) is 6.54 Å². The first-order chi connectivity index (χ1) is 16.3. The molecule has 0 saturated heterocycles. The standard InChI is InChI=1S/C26H33N3O3S2/c1-4-5-13-27-34(31,32)19-11-12-23-20(15-19)21(16-24(28-23)25-10-7-14-33-25)26(30)29-22-9-6-8-17(2)18(22)3/h7,10-12,14-18,22,27H,4-6,8-9,13H2,1-3H3,(H,29,30)/t17-,18-,22+/m0/s1. The monoisotopic (exact) mass is 499 g/mol. The molecule has 3 atom stereocenters. The Kier molecular flexibility index (Phi) is 7.70. The number of nitrogens with zero attached hydrogens (tertiary/aromatic N) is 1. The number of hydrogen-bond acceptors (Lipinski definition) is 5. The Hall–Kier alpha value is -2.29. The van der Waals surface area contributed by atoms with Crippen LogP contribution in [0.25, 0.3) is 21.5 Å². The van der Waals surface area contributed by atoms with Crippen LogP contribution in [-0.2, 0) is 10.0 Å². The van der Waals surface area contributed by atoms with E-state index in [0.29, 0.717) is 34.8 Å². The van der Waals surface area contributed by atoms with E-state index in [1.807, 2.05) is 24.4 Å². The molecule has 0 unspecified atom stereocenters. The van der Waals surface area contributed by atoms with E-state index in [1.54, 1.807) is 35.6 Å². The molecule has 8 heteroatoms. The number of nitrogens with one attached hydrogen (secondary N) is 2. The van der Waals surface area contributed by atoms with Gasteiger partial charge in [0.2, 0.25) is 10.0 Å². The van der Waals surface area contributed by atoms with E-state index in [4.69, 9.17) is 4.98 Å². The van der Waals surface area contributed by atoms with Crippen LogP contribution in [0.2, 0.25) is 0 Å². The van der Waals surface area contributed by atoms with Crippen LogP contribution in [-0.4, -0.2) is 31.9 Å². The molecule has 1 aliphatic carbocycles. The first-order valence-corrected chi connectivity index (χ1v) is 14.5. The second-order valence-electron chi connectivity index (χ2n) is 9.31. The minimum absolute atomic E-state index is 0.104. The number of benzene rings is 1. The van der Waals surface area contributed by atoms with Crippen LogP contribution in [0.4, 0.5) is 0 Å². The first kappa shape index (κ1) is 24.8. The van der Waals surface area contributed by atoms with Gasteiger partial charge in [0.25, 0.3) is 5.91 Å². The molecule has 0 aliphatic heterocycles. The summed E-state index contributed by atoms with van der Waals surface area (Å²) in [4.78, 5) is 19.4. The Morgan fingerprint density at radius 2 is 2.00 bits per heavy atom. The quantitative estimate of drug-likeness (QED) is 0.395. The summed E-state index contributed by atoms with van der Waals surface area (Å²) >= 11 is 1.56. The molecule has 0 bridgehead atoms. The van der Waals surface area contributed by atoms with Crippen molar-refractivity contribution in [3.8, 4) is 10.6 Å². The molecule has 1 amide bonds. The summed E-state index contributed by atoms with van der Waals surface area (Å²) in [5.41, 5.74) is 1.78. The molecule has 2 N–H and O–H groups in total. The number of carbonyl (C=O) groups excluding carboxylic acids is 1. The third-order valence-corrected chi connectivity index (χ3v) is 9.31. The molecule has 2 aromatic heterocycles. The average Bonchev–Trinajstić information content (AvgIpc) is 3.36. The average molecular weight is 500 g/mol. The maximum Gasteiger partial charge on any atom is 0.252 e. The van der Waals surface area contributed by atoms with Gasteiger partial charge in [0.15, 0.2) is 0 Å². The van der Waals surface area contributed by atoms with E-state index in [-0.39, 0.29) is 16.8 Å². The minimum Gasteiger partial charge on any atom is -0.349 e. The molecule has 1 aliphatic rings. The predicted molar refractivity (Wildman–Crippen MR) is 139 cm³/mol. The highest BCUT2D eigenvalue weighted by Crippen LogP contribution is 2.32. The molecular weight excluding hydrogens is 466 g/mol. The molecule has 0 spiro atoms. The van der Waals surface area contributed by atoms with Crippen LogP contribution < -0.4 is 10.0 Å². The van der Waals surface area contributed by atoms with Gasteiger partial charge in [-0.05, 0) is 60.4 Å². The topological polar surface area (TPSA) is 88.2 Å². The molecule has 1 aromatic carbocycles. The number of carbonyl (C=O) groups is 1. The van der Waals surface area contributed by atoms with Gasteiger partial charge in [-0.2, -0.15) is 0 Å². The maximum absolute atomic E-state index is 13.6. The van der Waals surface area contributed by atoms with Crippen LogP contribution >= 0.6 is 11.3 Å². The van der Waals surface area contributed by atoms with Gasteiger partial charge in [-0.15, -0.1) is 11.3 Å². The number of unbranched alkanes of at least 4 members (excludes halogenated alkanes) is 1. The second-order valence-corrected chi connectivity index (χ2v) is 12.0. The number of sulfonamides is 1. The van der Waals surface area contributed by atoms with Crippen LogP contribution in [0.1, 0.15) is 63.2 Å². The van der Waals surface area contributed by atoms with Gasteiger partial charge in [-0.3, -0.25) is 4.79 Å². The normalized spacial score (nSPS) is 21.0. The van der Waals surface area contributed by atoms with Gasteiger partial charge in [-0.1, -0.05) is 46.1 Å². The summed E-state index contributed by atoms with van der Waals surface area (Å²) in [6.45, 7) is 6.84. The first-order valence-electron chi connectivity index (χ1n) is 12.1. The van der Waals surface area contributed by atoms with E-state index in [0.717, 1.165) is 36.3 Å². The fourth-order valence-corrected chi connectivity index (χ4v) is 6.40. The van der Waals surface area contributed by atoms with Crippen molar-refractivity contribution in [1.82, 2.24) is 15.0 Å². The zero-order valence-corrected chi connectivity index (χ0v) is 21.6. The summed E-state index contributed by atoms with van der Waals surface area (Å²) in [7, 11) is -3.67. The third kappa shape index (κ3) is 5.34. The summed E-state index contributed by atoms with van der Waals surface area (Å²) in [6.07, 6.45) is 4.90. The number of fused-ring (bicyclic) bond motifs is 1. The highest BCUT2D eigenvalue weighted by molar-refractivity contribution is 7.89. The van der Waals surface area contributed by atoms with E-state index in [1.165, 1.54) is 6.42 Å². The lowest BCUT2D eigenvalue weighted by Gasteiger charge is -2.34. The molecule has 182 valence electrons. The van der Waals surface area contributed by atoms with Crippen LogP contribution in [0.3, 0.4) is 0 Å². The van der Waals surface area contributed by atoms with Gasteiger partial charge in [0, 0.05) is 18.0 Å². The Labute approximate surface area is 206 Å². The van der Waals surface area contributed by atoms with Crippen LogP contribution in [0, 0.1) is 11.8 Å². The summed E-state index contributed by atoms with van der Waals surface area (Å²) in [5.74, 6) is 0.770. The lowest BCUT2D eigenvalue weighted by molar-refractivity contribution is 0.0892. The minimum atomic E-state index is -3.67. The largest absolute Gasteiger partial charge is 0.349 e. The van der Waals surface area contributed by atoms with Crippen molar-refractivity contribution >= 4 is 38.2 Å². The Morgan fingerprint density at radius 3 is 2.74 bits per heavy atom. The molecule has 6 nitrogen and oxygen atoms in total. The molecule has 4 rings (SSSR count). The summed E-state index contributed by atoms with van der Waals surface area (Å²) in [6, 6.07) is 10.7. The summed E-state index contributed by atoms with van der Waals surface area (Å²) in [5, 5.41) is 5.78. The lowest BCUT2D eigenvalue weighted by atomic mass is 9.78. The highest BCUT2D eigenvalue weighted by atomic mass is 32.2. The number of thiophene rings is 1.